The van der Waals surface area contributed by atoms with Crippen molar-refractivity contribution in [2.24, 2.45) is 16.8 Å². The molecule has 1 N–H and O–H groups in total. The fourth-order valence-corrected chi connectivity index (χ4v) is 5.38. The van der Waals surface area contributed by atoms with Crippen LogP contribution >= 0.6 is 11.8 Å². The lowest BCUT2D eigenvalue weighted by Crippen LogP contribution is -2.42. The topological polar surface area (TPSA) is 30.9 Å². The predicted molar refractivity (Wildman–Crippen MR) is 125 cm³/mol. The van der Waals surface area contributed by atoms with Crippen molar-refractivity contribution in [3.63, 3.8) is 0 Å². The van der Waals surface area contributed by atoms with Crippen molar-refractivity contribution >= 4 is 23.4 Å². The number of anilines is 1. The molecule has 2 aliphatic rings. The van der Waals surface area contributed by atoms with Crippen molar-refractivity contribution in [2.75, 3.05) is 50.4 Å². The first kappa shape index (κ1) is 20.1. The van der Waals surface area contributed by atoms with Crippen molar-refractivity contribution in [3.05, 3.63) is 60.7 Å². The van der Waals surface area contributed by atoms with Crippen LogP contribution in [-0.2, 0) is 0 Å². The molecule has 154 valence electrons. The van der Waals surface area contributed by atoms with E-state index in [-0.39, 0.29) is 0 Å². The number of aliphatic imine (C=N–C) groups is 1. The highest BCUT2D eigenvalue weighted by atomic mass is 32.2. The fourth-order valence-electron chi connectivity index (χ4n) is 4.33. The Morgan fingerprint density at radius 2 is 1.69 bits per heavy atom. The Hall–Kier alpha value is -2.14. The van der Waals surface area contributed by atoms with E-state index in [2.05, 4.69) is 80.8 Å². The summed E-state index contributed by atoms with van der Waals surface area (Å²) >= 11 is 1.98. The molecule has 4 rings (SSSR count). The molecule has 2 unspecified atom stereocenters. The number of rotatable bonds is 6. The number of nitrogens with one attached hydrogen (secondary N) is 1. The van der Waals surface area contributed by atoms with Gasteiger partial charge in [0.25, 0.3) is 0 Å². The average Bonchev–Trinajstić information content (AvgIpc) is 3.44. The van der Waals surface area contributed by atoms with Gasteiger partial charge in [-0.2, -0.15) is 0 Å². The third-order valence-corrected chi connectivity index (χ3v) is 7.23. The van der Waals surface area contributed by atoms with Gasteiger partial charge < -0.3 is 15.1 Å². The zero-order valence-electron chi connectivity index (χ0n) is 17.3. The van der Waals surface area contributed by atoms with Crippen LogP contribution in [0.2, 0.25) is 0 Å². The molecular weight excluding hydrogens is 376 g/mol. The lowest BCUT2D eigenvalue weighted by Gasteiger charge is -2.23. The number of guanidine groups is 1. The van der Waals surface area contributed by atoms with Crippen molar-refractivity contribution in [3.8, 4) is 0 Å². The van der Waals surface area contributed by atoms with Gasteiger partial charge >= 0.3 is 0 Å². The van der Waals surface area contributed by atoms with Crippen molar-refractivity contribution in [1.29, 1.82) is 0 Å². The molecule has 0 spiro atoms. The summed E-state index contributed by atoms with van der Waals surface area (Å²) in [6.45, 7) is 5.51. The van der Waals surface area contributed by atoms with Crippen LogP contribution in [0.15, 0.2) is 70.6 Å². The highest BCUT2D eigenvalue weighted by molar-refractivity contribution is 7.99. The number of thioether (sulfide) groups is 1. The Labute approximate surface area is 179 Å². The van der Waals surface area contributed by atoms with Crippen LogP contribution in [0.25, 0.3) is 0 Å². The van der Waals surface area contributed by atoms with E-state index < -0.39 is 0 Å². The molecule has 2 atom stereocenters. The Morgan fingerprint density at radius 3 is 2.45 bits per heavy atom. The van der Waals surface area contributed by atoms with Gasteiger partial charge in [0.1, 0.15) is 0 Å². The van der Waals surface area contributed by atoms with Gasteiger partial charge in [-0.05, 0) is 48.9 Å². The van der Waals surface area contributed by atoms with E-state index in [0.29, 0.717) is 5.92 Å². The Balaban J connectivity index is 1.21. The molecule has 0 saturated carbocycles. The molecule has 5 heteroatoms. The van der Waals surface area contributed by atoms with Crippen molar-refractivity contribution in [1.82, 2.24) is 10.2 Å². The number of nitrogens with zero attached hydrogens (tertiary/aromatic N) is 3. The monoisotopic (exact) mass is 408 g/mol. The van der Waals surface area contributed by atoms with E-state index in [1.165, 1.54) is 29.2 Å². The molecule has 2 saturated heterocycles. The summed E-state index contributed by atoms with van der Waals surface area (Å²) in [4.78, 5) is 10.9. The summed E-state index contributed by atoms with van der Waals surface area (Å²) in [5.41, 5.74) is 1.35. The second-order valence-electron chi connectivity index (χ2n) is 8.09. The first-order chi connectivity index (χ1) is 14.3. The van der Waals surface area contributed by atoms with Crippen LogP contribution in [0.4, 0.5) is 5.69 Å². The first-order valence-electron chi connectivity index (χ1n) is 10.8. The van der Waals surface area contributed by atoms with E-state index >= 15 is 0 Å². The van der Waals surface area contributed by atoms with Crippen LogP contribution in [0.3, 0.4) is 0 Å². The maximum Gasteiger partial charge on any atom is 0.193 e. The van der Waals surface area contributed by atoms with Gasteiger partial charge in [0, 0.05) is 56.1 Å². The Kier molecular flexibility index (Phi) is 6.99. The summed E-state index contributed by atoms with van der Waals surface area (Å²) in [7, 11) is 1.92. The molecule has 4 nitrogen and oxygen atoms in total. The van der Waals surface area contributed by atoms with Gasteiger partial charge in [0.15, 0.2) is 5.96 Å². The van der Waals surface area contributed by atoms with Crippen LogP contribution in [0, 0.1) is 11.8 Å². The van der Waals surface area contributed by atoms with Gasteiger partial charge in [0.2, 0.25) is 0 Å². The average molecular weight is 409 g/mol. The second-order valence-corrected chi connectivity index (χ2v) is 9.18. The van der Waals surface area contributed by atoms with Gasteiger partial charge in [-0.1, -0.05) is 36.4 Å². The molecule has 0 amide bonds. The minimum Gasteiger partial charge on any atom is -0.371 e. The SMILES string of the molecule is CN=C(NCC1CCN(c2ccccc2)C1)N1CCC(CSc2ccccc2)C1. The van der Waals surface area contributed by atoms with Crippen LogP contribution < -0.4 is 10.2 Å². The molecule has 0 aliphatic carbocycles. The lowest BCUT2D eigenvalue weighted by atomic mass is 10.1. The van der Waals surface area contributed by atoms with Crippen molar-refractivity contribution < 1.29 is 0 Å². The zero-order valence-corrected chi connectivity index (χ0v) is 18.2. The smallest absolute Gasteiger partial charge is 0.193 e. The molecular formula is C24H32N4S. The number of para-hydroxylation sites is 1. The summed E-state index contributed by atoms with van der Waals surface area (Å²) < 4.78 is 0. The van der Waals surface area contributed by atoms with E-state index in [0.717, 1.165) is 44.6 Å². The summed E-state index contributed by atoms with van der Waals surface area (Å²) in [6, 6.07) is 21.5. The molecule has 0 aromatic heterocycles. The second kappa shape index (κ2) is 10.1. The van der Waals surface area contributed by atoms with Crippen LogP contribution in [-0.4, -0.2) is 56.4 Å². The summed E-state index contributed by atoms with van der Waals surface area (Å²) in [5, 5.41) is 3.66. The largest absolute Gasteiger partial charge is 0.371 e. The highest BCUT2D eigenvalue weighted by Crippen LogP contribution is 2.26. The third kappa shape index (κ3) is 5.47. The molecule has 29 heavy (non-hydrogen) atoms. The Bertz CT molecular complexity index is 780. The molecule has 2 heterocycles. The lowest BCUT2D eigenvalue weighted by molar-refractivity contribution is 0.461. The summed E-state index contributed by atoms with van der Waals surface area (Å²) in [5.74, 6) is 3.68. The fraction of sp³-hybridized carbons (Fsp3) is 0.458. The third-order valence-electron chi connectivity index (χ3n) is 5.98. The maximum atomic E-state index is 4.57. The molecule has 2 fully saturated rings. The van der Waals surface area contributed by atoms with Gasteiger partial charge in [0.05, 0.1) is 0 Å². The normalized spacial score (nSPS) is 22.3. The Morgan fingerprint density at radius 1 is 0.966 bits per heavy atom. The molecule has 2 aromatic rings. The van der Waals surface area contributed by atoms with Crippen molar-refractivity contribution in [2.45, 2.75) is 17.7 Å². The molecule has 2 aliphatic heterocycles. The minimum atomic E-state index is 0.680. The number of hydrogen-bond donors (Lipinski definition) is 1. The van der Waals surface area contributed by atoms with E-state index in [1.807, 2.05) is 18.8 Å². The maximum absolute atomic E-state index is 4.57. The van der Waals surface area contributed by atoms with Gasteiger partial charge in [-0.3, -0.25) is 4.99 Å². The standard InChI is InChI=1S/C24H32N4S/c1-25-24(26-16-20-12-14-27(17-20)22-8-4-2-5-9-22)28-15-13-21(18-28)19-29-23-10-6-3-7-11-23/h2-11,20-21H,12-19H2,1H3,(H,25,26). The number of likely N-dealkylation sites (tertiary alicyclic amines) is 1. The summed E-state index contributed by atoms with van der Waals surface area (Å²) in [6.07, 6.45) is 2.50. The molecule has 0 bridgehead atoms. The van der Waals surface area contributed by atoms with E-state index in [4.69, 9.17) is 0 Å². The predicted octanol–water partition coefficient (Wildman–Crippen LogP) is 4.20. The zero-order chi connectivity index (χ0) is 19.9. The van der Waals surface area contributed by atoms with Crippen LogP contribution in [0.1, 0.15) is 12.8 Å². The minimum absolute atomic E-state index is 0.680. The van der Waals surface area contributed by atoms with E-state index in [1.54, 1.807) is 0 Å². The number of hydrogen-bond acceptors (Lipinski definition) is 3. The molecule has 2 aromatic carbocycles. The van der Waals surface area contributed by atoms with E-state index in [9.17, 15) is 0 Å². The first-order valence-corrected chi connectivity index (χ1v) is 11.7. The highest BCUT2D eigenvalue weighted by Gasteiger charge is 2.27. The van der Waals surface area contributed by atoms with Gasteiger partial charge in [-0.25, -0.2) is 0 Å². The quantitative estimate of drug-likeness (QED) is 0.441. The van der Waals surface area contributed by atoms with Gasteiger partial charge in [-0.15, -0.1) is 11.8 Å². The number of benzene rings is 2. The molecule has 0 radical (unpaired) electrons. The van der Waals surface area contributed by atoms with Crippen LogP contribution in [0.5, 0.6) is 0 Å².